The number of carbonyl (C=O) groups is 1. The molecule has 18 heavy (non-hydrogen) atoms. The van der Waals surface area contributed by atoms with Crippen molar-refractivity contribution in [2.45, 2.75) is 13.0 Å². The summed E-state index contributed by atoms with van der Waals surface area (Å²) >= 11 is 3.32. The monoisotopic (exact) mass is 307 g/mol. The minimum atomic E-state index is -0.107. The van der Waals surface area contributed by atoms with E-state index in [1.807, 2.05) is 37.3 Å². The molecule has 1 heterocycles. The van der Waals surface area contributed by atoms with E-state index in [-0.39, 0.29) is 11.9 Å². The Morgan fingerprint density at radius 1 is 1.44 bits per heavy atom. The van der Waals surface area contributed by atoms with Gasteiger partial charge in [0.25, 0.3) is 5.91 Å². The van der Waals surface area contributed by atoms with Crippen LogP contribution in [0.3, 0.4) is 0 Å². The molecular formula is C13H14BrN3O. The van der Waals surface area contributed by atoms with Crippen LogP contribution >= 0.6 is 15.9 Å². The summed E-state index contributed by atoms with van der Waals surface area (Å²) in [4.78, 5) is 11.9. The van der Waals surface area contributed by atoms with Crippen molar-refractivity contribution in [1.29, 1.82) is 0 Å². The molecule has 0 aliphatic carbocycles. The smallest absolute Gasteiger partial charge is 0.254 e. The maximum atomic E-state index is 11.9. The number of amides is 1. The number of halogens is 1. The summed E-state index contributed by atoms with van der Waals surface area (Å²) in [6, 6.07) is 9.79. The first kappa shape index (κ1) is 12.8. The van der Waals surface area contributed by atoms with Gasteiger partial charge in [-0.1, -0.05) is 34.1 Å². The zero-order chi connectivity index (χ0) is 13.0. The molecule has 0 spiro atoms. The summed E-state index contributed by atoms with van der Waals surface area (Å²) in [5.41, 5.74) is 1.50. The van der Waals surface area contributed by atoms with Gasteiger partial charge in [-0.05, 0) is 19.1 Å². The molecule has 0 bridgehead atoms. The summed E-state index contributed by atoms with van der Waals surface area (Å²) in [7, 11) is 0. The van der Waals surface area contributed by atoms with Gasteiger partial charge in [0.15, 0.2) is 0 Å². The first-order chi connectivity index (χ1) is 8.70. The second-order valence-electron chi connectivity index (χ2n) is 4.04. The molecule has 94 valence electrons. The van der Waals surface area contributed by atoms with Crippen LogP contribution in [0.2, 0.25) is 0 Å². The van der Waals surface area contributed by atoms with Gasteiger partial charge in [0, 0.05) is 17.6 Å². The van der Waals surface area contributed by atoms with Gasteiger partial charge in [0.05, 0.1) is 17.4 Å². The van der Waals surface area contributed by atoms with Crippen molar-refractivity contribution in [2.24, 2.45) is 0 Å². The van der Waals surface area contributed by atoms with E-state index in [1.165, 1.54) is 0 Å². The van der Waals surface area contributed by atoms with Crippen LogP contribution in [0.1, 0.15) is 17.3 Å². The highest BCUT2D eigenvalue weighted by atomic mass is 79.9. The van der Waals surface area contributed by atoms with Gasteiger partial charge >= 0.3 is 0 Å². The lowest BCUT2D eigenvalue weighted by Crippen LogP contribution is -2.33. The lowest BCUT2D eigenvalue weighted by atomic mass is 10.3. The van der Waals surface area contributed by atoms with E-state index in [0.717, 1.165) is 11.0 Å². The number of hydrogen-bond donors (Lipinski definition) is 1. The largest absolute Gasteiger partial charge is 0.349 e. The molecule has 0 saturated carbocycles. The van der Waals surface area contributed by atoms with Gasteiger partial charge < -0.3 is 5.32 Å². The number of alkyl halides is 1. The highest BCUT2D eigenvalue weighted by Gasteiger charge is 2.11. The standard InChI is InChI=1S/C13H14BrN3O/c1-10(7-14)16-13(18)11-8-15-17(9-11)12-5-3-2-4-6-12/h2-6,8-10H,7H2,1H3,(H,16,18). The Balaban J connectivity index is 2.13. The molecular weight excluding hydrogens is 294 g/mol. The van der Waals surface area contributed by atoms with E-state index in [1.54, 1.807) is 17.1 Å². The Bertz CT molecular complexity index is 524. The molecule has 2 aromatic rings. The molecule has 0 radical (unpaired) electrons. The molecule has 1 unspecified atom stereocenters. The van der Waals surface area contributed by atoms with Crippen LogP contribution < -0.4 is 5.32 Å². The normalized spacial score (nSPS) is 12.1. The number of aromatic nitrogens is 2. The van der Waals surface area contributed by atoms with E-state index in [0.29, 0.717) is 5.56 Å². The SMILES string of the molecule is CC(CBr)NC(=O)c1cnn(-c2ccccc2)c1. The van der Waals surface area contributed by atoms with Crippen LogP contribution in [-0.4, -0.2) is 27.1 Å². The van der Waals surface area contributed by atoms with Gasteiger partial charge in [-0.2, -0.15) is 5.10 Å². The van der Waals surface area contributed by atoms with Crippen LogP contribution in [0.4, 0.5) is 0 Å². The Kier molecular flexibility index (Phi) is 4.15. The lowest BCUT2D eigenvalue weighted by molar-refractivity contribution is 0.0944. The van der Waals surface area contributed by atoms with Crippen LogP contribution in [0, 0.1) is 0 Å². The van der Waals surface area contributed by atoms with Crippen molar-refractivity contribution in [3.8, 4) is 5.69 Å². The van der Waals surface area contributed by atoms with Crippen LogP contribution in [-0.2, 0) is 0 Å². The third-order valence-electron chi connectivity index (χ3n) is 2.47. The minimum Gasteiger partial charge on any atom is -0.349 e. The lowest BCUT2D eigenvalue weighted by Gasteiger charge is -2.08. The number of hydrogen-bond acceptors (Lipinski definition) is 2. The van der Waals surface area contributed by atoms with E-state index in [2.05, 4.69) is 26.3 Å². The maximum absolute atomic E-state index is 11.9. The van der Waals surface area contributed by atoms with Gasteiger partial charge in [-0.25, -0.2) is 4.68 Å². The summed E-state index contributed by atoms with van der Waals surface area (Å²) in [5, 5.41) is 7.78. The molecule has 1 N–H and O–H groups in total. The van der Waals surface area contributed by atoms with Gasteiger partial charge in [-0.15, -0.1) is 0 Å². The number of para-hydroxylation sites is 1. The van der Waals surface area contributed by atoms with Crippen molar-refractivity contribution in [1.82, 2.24) is 15.1 Å². The van der Waals surface area contributed by atoms with Crippen molar-refractivity contribution in [3.63, 3.8) is 0 Å². The Morgan fingerprint density at radius 2 is 2.17 bits per heavy atom. The molecule has 1 atom stereocenters. The quantitative estimate of drug-likeness (QED) is 0.882. The second-order valence-corrected chi connectivity index (χ2v) is 4.69. The number of benzene rings is 1. The molecule has 1 aromatic carbocycles. The second kappa shape index (κ2) is 5.82. The molecule has 0 saturated heterocycles. The van der Waals surface area contributed by atoms with Crippen molar-refractivity contribution in [2.75, 3.05) is 5.33 Å². The molecule has 0 fully saturated rings. The topological polar surface area (TPSA) is 46.9 Å². The first-order valence-corrected chi connectivity index (χ1v) is 6.80. The van der Waals surface area contributed by atoms with Crippen LogP contribution in [0.5, 0.6) is 0 Å². The average Bonchev–Trinajstić information content (AvgIpc) is 2.89. The molecule has 2 rings (SSSR count). The number of nitrogens with zero attached hydrogens (tertiary/aromatic N) is 2. The van der Waals surface area contributed by atoms with E-state index >= 15 is 0 Å². The summed E-state index contributed by atoms with van der Waals surface area (Å²) in [6.45, 7) is 1.94. The van der Waals surface area contributed by atoms with Crippen molar-refractivity contribution in [3.05, 3.63) is 48.3 Å². The Morgan fingerprint density at radius 3 is 2.83 bits per heavy atom. The summed E-state index contributed by atoms with van der Waals surface area (Å²) in [5.74, 6) is -0.107. The Labute approximate surface area is 114 Å². The van der Waals surface area contributed by atoms with E-state index < -0.39 is 0 Å². The van der Waals surface area contributed by atoms with Crippen LogP contribution in [0.15, 0.2) is 42.7 Å². The Hall–Kier alpha value is -1.62. The van der Waals surface area contributed by atoms with Gasteiger partial charge in [0.1, 0.15) is 0 Å². The van der Waals surface area contributed by atoms with Crippen LogP contribution in [0.25, 0.3) is 5.69 Å². The highest BCUT2D eigenvalue weighted by molar-refractivity contribution is 9.09. The number of nitrogens with one attached hydrogen (secondary N) is 1. The first-order valence-electron chi connectivity index (χ1n) is 5.67. The number of carbonyl (C=O) groups excluding carboxylic acids is 1. The molecule has 4 nitrogen and oxygen atoms in total. The third kappa shape index (κ3) is 2.98. The highest BCUT2D eigenvalue weighted by Crippen LogP contribution is 2.07. The van der Waals surface area contributed by atoms with Gasteiger partial charge in [0.2, 0.25) is 0 Å². The molecule has 0 aliphatic heterocycles. The zero-order valence-electron chi connectivity index (χ0n) is 10.0. The van der Waals surface area contributed by atoms with Crippen molar-refractivity contribution < 1.29 is 4.79 Å². The predicted molar refractivity (Wildman–Crippen MR) is 74.3 cm³/mol. The van der Waals surface area contributed by atoms with Gasteiger partial charge in [-0.3, -0.25) is 4.79 Å². The summed E-state index contributed by atoms with van der Waals surface area (Å²) < 4.78 is 1.69. The molecule has 0 aliphatic rings. The third-order valence-corrected chi connectivity index (χ3v) is 3.45. The van der Waals surface area contributed by atoms with E-state index in [9.17, 15) is 4.79 Å². The fraction of sp³-hybridized carbons (Fsp3) is 0.231. The maximum Gasteiger partial charge on any atom is 0.254 e. The predicted octanol–water partition coefficient (Wildman–Crippen LogP) is 2.39. The molecule has 5 heteroatoms. The fourth-order valence-electron chi connectivity index (χ4n) is 1.51. The fourth-order valence-corrected chi connectivity index (χ4v) is 1.67. The molecule has 1 aromatic heterocycles. The number of rotatable bonds is 4. The zero-order valence-corrected chi connectivity index (χ0v) is 11.6. The van der Waals surface area contributed by atoms with Crippen molar-refractivity contribution >= 4 is 21.8 Å². The average molecular weight is 308 g/mol. The summed E-state index contributed by atoms with van der Waals surface area (Å²) in [6.07, 6.45) is 3.30. The molecule has 1 amide bonds. The van der Waals surface area contributed by atoms with E-state index in [4.69, 9.17) is 0 Å². The minimum absolute atomic E-state index is 0.0950.